The number of nitrogens with two attached hydrogens (primary N) is 1. The Morgan fingerprint density at radius 2 is 2.14 bits per heavy atom. The number of ether oxygens (including phenoxy) is 2. The van der Waals surface area contributed by atoms with Crippen molar-refractivity contribution in [3.8, 4) is 11.5 Å². The lowest BCUT2D eigenvalue weighted by atomic mass is 10.2. The Labute approximate surface area is 140 Å². The number of halogens is 1. The van der Waals surface area contributed by atoms with Crippen LogP contribution in [-0.2, 0) is 6.54 Å². The van der Waals surface area contributed by atoms with Gasteiger partial charge in [-0.2, -0.15) is 0 Å². The smallest absolute Gasteiger partial charge is 0.180 e. The van der Waals surface area contributed by atoms with E-state index >= 15 is 0 Å². The van der Waals surface area contributed by atoms with Crippen LogP contribution >= 0.6 is 23.7 Å². The van der Waals surface area contributed by atoms with Crippen molar-refractivity contribution in [2.45, 2.75) is 19.6 Å². The molecule has 1 aromatic carbocycles. The molecule has 5 nitrogen and oxygen atoms in total. The van der Waals surface area contributed by atoms with Crippen LogP contribution in [0.5, 0.6) is 11.5 Å². The van der Waals surface area contributed by atoms with Gasteiger partial charge >= 0.3 is 0 Å². The van der Waals surface area contributed by atoms with E-state index in [-0.39, 0.29) is 18.5 Å². The predicted octanol–water partition coefficient (Wildman–Crippen LogP) is 2.81. The van der Waals surface area contributed by atoms with Crippen molar-refractivity contribution in [1.82, 2.24) is 9.88 Å². The number of rotatable bonds is 5. The Balaban J connectivity index is 0.00000176. The van der Waals surface area contributed by atoms with Gasteiger partial charge in [-0.05, 0) is 18.7 Å². The Morgan fingerprint density at radius 3 is 2.82 bits per heavy atom. The number of fused-ring (bicyclic) bond motifs is 1. The number of benzene rings is 1. The van der Waals surface area contributed by atoms with E-state index in [1.54, 1.807) is 0 Å². The Hall–Kier alpha value is -1.50. The van der Waals surface area contributed by atoms with Gasteiger partial charge in [-0.25, -0.2) is 4.98 Å². The van der Waals surface area contributed by atoms with Crippen molar-refractivity contribution in [2.24, 2.45) is 0 Å². The van der Waals surface area contributed by atoms with Gasteiger partial charge < -0.3 is 15.2 Å². The molecule has 1 atom stereocenters. The van der Waals surface area contributed by atoms with Gasteiger partial charge in [0.1, 0.15) is 12.7 Å². The predicted molar refractivity (Wildman–Crippen MR) is 91.1 cm³/mol. The van der Waals surface area contributed by atoms with E-state index in [1.165, 1.54) is 16.2 Å². The van der Waals surface area contributed by atoms with Crippen LogP contribution in [0.15, 0.2) is 30.5 Å². The average molecular weight is 342 g/mol. The largest absolute Gasteiger partial charge is 0.486 e. The maximum absolute atomic E-state index is 6.00. The van der Waals surface area contributed by atoms with Crippen LogP contribution in [0.1, 0.15) is 11.8 Å². The maximum atomic E-state index is 6.00. The molecule has 0 saturated heterocycles. The summed E-state index contributed by atoms with van der Waals surface area (Å²) in [4.78, 5) is 7.58. The lowest BCUT2D eigenvalue weighted by Crippen LogP contribution is -2.40. The van der Waals surface area contributed by atoms with Gasteiger partial charge in [0.15, 0.2) is 16.6 Å². The van der Waals surface area contributed by atoms with E-state index in [1.807, 2.05) is 30.5 Å². The minimum absolute atomic E-state index is 0. The molecule has 3 rings (SSSR count). The highest BCUT2D eigenvalue weighted by Crippen LogP contribution is 2.31. The third kappa shape index (κ3) is 4.03. The molecule has 1 aliphatic heterocycles. The molecule has 2 heterocycles. The molecule has 2 N–H and O–H groups in total. The molecule has 120 valence electrons. The first-order chi connectivity index (χ1) is 10.2. The van der Waals surface area contributed by atoms with Crippen LogP contribution in [-0.4, -0.2) is 35.7 Å². The lowest BCUT2D eigenvalue weighted by molar-refractivity contribution is 0.0583. The molecule has 1 aliphatic rings. The first-order valence-electron chi connectivity index (χ1n) is 7.05. The highest BCUT2D eigenvalue weighted by Gasteiger charge is 2.22. The van der Waals surface area contributed by atoms with Gasteiger partial charge in [-0.3, -0.25) is 4.90 Å². The molecule has 0 fully saturated rings. The molecular weight excluding hydrogens is 322 g/mol. The SMILES string of the molecule is CCN(Cc1cnc(N)s1)CC1COc2ccccc2O1.Cl. The highest BCUT2D eigenvalue weighted by molar-refractivity contribution is 7.15. The van der Waals surface area contributed by atoms with Crippen molar-refractivity contribution < 1.29 is 9.47 Å². The van der Waals surface area contributed by atoms with Crippen LogP contribution in [0.2, 0.25) is 0 Å². The van der Waals surface area contributed by atoms with Gasteiger partial charge in [0.05, 0.1) is 0 Å². The summed E-state index contributed by atoms with van der Waals surface area (Å²) in [5.41, 5.74) is 5.68. The maximum Gasteiger partial charge on any atom is 0.180 e. The van der Waals surface area contributed by atoms with E-state index < -0.39 is 0 Å². The van der Waals surface area contributed by atoms with Gasteiger partial charge in [0.2, 0.25) is 0 Å². The molecule has 0 spiro atoms. The third-order valence-corrected chi connectivity index (χ3v) is 4.24. The van der Waals surface area contributed by atoms with Crippen LogP contribution in [0.4, 0.5) is 5.13 Å². The van der Waals surface area contributed by atoms with E-state index in [9.17, 15) is 0 Å². The van der Waals surface area contributed by atoms with E-state index in [0.29, 0.717) is 11.7 Å². The number of para-hydroxylation sites is 2. The average Bonchev–Trinajstić information content (AvgIpc) is 2.91. The van der Waals surface area contributed by atoms with Crippen molar-refractivity contribution in [1.29, 1.82) is 0 Å². The van der Waals surface area contributed by atoms with Crippen molar-refractivity contribution in [3.63, 3.8) is 0 Å². The summed E-state index contributed by atoms with van der Waals surface area (Å²) < 4.78 is 11.8. The number of likely N-dealkylation sites (N-methyl/N-ethyl adjacent to an activating group) is 1. The second-order valence-electron chi connectivity index (χ2n) is 4.99. The molecule has 0 saturated carbocycles. The Kier molecular flexibility index (Phi) is 5.88. The summed E-state index contributed by atoms with van der Waals surface area (Å²) in [6.07, 6.45) is 1.89. The molecule has 1 aromatic heterocycles. The highest BCUT2D eigenvalue weighted by atomic mass is 35.5. The minimum Gasteiger partial charge on any atom is -0.486 e. The van der Waals surface area contributed by atoms with Gasteiger partial charge in [0.25, 0.3) is 0 Å². The number of nitrogens with zero attached hydrogens (tertiary/aromatic N) is 2. The second-order valence-corrected chi connectivity index (χ2v) is 6.14. The fourth-order valence-corrected chi connectivity index (χ4v) is 3.09. The molecular formula is C15H20ClN3O2S. The van der Waals surface area contributed by atoms with Crippen LogP contribution < -0.4 is 15.2 Å². The Bertz CT molecular complexity index is 608. The monoisotopic (exact) mass is 341 g/mol. The first kappa shape index (κ1) is 16.9. The Morgan fingerprint density at radius 1 is 1.36 bits per heavy atom. The van der Waals surface area contributed by atoms with Crippen LogP contribution in [0, 0.1) is 0 Å². The topological polar surface area (TPSA) is 60.6 Å². The summed E-state index contributed by atoms with van der Waals surface area (Å²) in [5, 5.41) is 0.618. The normalized spacial score (nSPS) is 16.4. The molecule has 2 aromatic rings. The number of hydrogen-bond acceptors (Lipinski definition) is 6. The number of hydrogen-bond donors (Lipinski definition) is 1. The second kappa shape index (κ2) is 7.67. The zero-order chi connectivity index (χ0) is 14.7. The van der Waals surface area contributed by atoms with Crippen molar-refractivity contribution in [3.05, 3.63) is 35.3 Å². The lowest BCUT2D eigenvalue weighted by Gasteiger charge is -2.30. The standard InChI is InChI=1S/C15H19N3O2S.ClH/c1-2-18(9-12-7-17-15(16)21-12)8-11-10-19-13-5-3-4-6-14(13)20-11;/h3-7,11H,2,8-10H2,1H3,(H2,16,17);1H. The molecule has 0 bridgehead atoms. The summed E-state index contributed by atoms with van der Waals surface area (Å²) in [5.74, 6) is 1.65. The van der Waals surface area contributed by atoms with Gasteiger partial charge in [-0.15, -0.1) is 23.7 Å². The number of anilines is 1. The van der Waals surface area contributed by atoms with Crippen molar-refractivity contribution >= 4 is 28.9 Å². The fraction of sp³-hybridized carbons (Fsp3) is 0.400. The van der Waals surface area contributed by atoms with E-state index in [2.05, 4.69) is 16.8 Å². The summed E-state index contributed by atoms with van der Waals surface area (Å²) in [6.45, 7) is 5.33. The third-order valence-electron chi connectivity index (χ3n) is 3.43. The number of aromatic nitrogens is 1. The summed E-state index contributed by atoms with van der Waals surface area (Å²) in [6, 6.07) is 7.79. The molecule has 22 heavy (non-hydrogen) atoms. The molecule has 0 aliphatic carbocycles. The summed E-state index contributed by atoms with van der Waals surface area (Å²) in [7, 11) is 0. The number of nitrogen functional groups attached to an aromatic ring is 1. The zero-order valence-corrected chi connectivity index (χ0v) is 14.0. The van der Waals surface area contributed by atoms with Crippen LogP contribution in [0.3, 0.4) is 0 Å². The van der Waals surface area contributed by atoms with E-state index in [0.717, 1.165) is 31.1 Å². The summed E-state index contributed by atoms with van der Waals surface area (Å²) >= 11 is 1.53. The zero-order valence-electron chi connectivity index (χ0n) is 12.4. The van der Waals surface area contributed by atoms with E-state index in [4.69, 9.17) is 15.2 Å². The number of thiazole rings is 1. The quantitative estimate of drug-likeness (QED) is 0.906. The minimum atomic E-state index is 0. The first-order valence-corrected chi connectivity index (χ1v) is 7.87. The fourth-order valence-electron chi connectivity index (χ4n) is 2.36. The molecule has 0 amide bonds. The van der Waals surface area contributed by atoms with Gasteiger partial charge in [-0.1, -0.05) is 19.1 Å². The van der Waals surface area contributed by atoms with Crippen LogP contribution in [0.25, 0.3) is 0 Å². The molecule has 0 radical (unpaired) electrons. The van der Waals surface area contributed by atoms with Crippen molar-refractivity contribution in [2.75, 3.05) is 25.4 Å². The van der Waals surface area contributed by atoms with Gasteiger partial charge in [0, 0.05) is 24.2 Å². The molecule has 7 heteroatoms. The molecule has 1 unspecified atom stereocenters.